The largest absolute Gasteiger partial charge is 0.325 e. The Labute approximate surface area is 199 Å². The van der Waals surface area contributed by atoms with Gasteiger partial charge in [-0.25, -0.2) is 8.42 Å². The molecule has 2 aromatic carbocycles. The number of rotatable bonds is 10. The maximum Gasteiger partial charge on any atom is 0.237 e. The van der Waals surface area contributed by atoms with Gasteiger partial charge < -0.3 is 9.88 Å². The number of carbonyl (C=O) groups excluding carboxylic acids is 1. The van der Waals surface area contributed by atoms with E-state index >= 15 is 0 Å². The number of aromatic nitrogens is 3. The summed E-state index contributed by atoms with van der Waals surface area (Å²) < 4.78 is 27.4. The zero-order chi connectivity index (χ0) is 24.0. The van der Waals surface area contributed by atoms with Crippen LogP contribution in [0.2, 0.25) is 0 Å². The standard InChI is InChI=1S/C24H28N4O3S2/c1-5-15-28-22(16-33(30,31)19-12-8-7-9-13-19)26-27-24(28)32-21(6-2)23(29)25-20-14-10-11-17(3)18(20)4/h5,7-14,21H,1,6,15-16H2,2-4H3,(H,25,29). The van der Waals surface area contributed by atoms with Crippen LogP contribution in [0.25, 0.3) is 0 Å². The maximum atomic E-state index is 13.0. The first-order valence-corrected chi connectivity index (χ1v) is 13.1. The van der Waals surface area contributed by atoms with Crippen molar-refractivity contribution >= 4 is 33.2 Å². The lowest BCUT2D eigenvalue weighted by molar-refractivity contribution is -0.115. The fraction of sp³-hybridized carbons (Fsp3) is 0.292. The number of thioether (sulfide) groups is 1. The van der Waals surface area contributed by atoms with Gasteiger partial charge in [-0.1, -0.05) is 55.1 Å². The molecule has 0 saturated heterocycles. The minimum atomic E-state index is -3.59. The van der Waals surface area contributed by atoms with Gasteiger partial charge in [0.05, 0.1) is 10.1 Å². The maximum absolute atomic E-state index is 13.0. The van der Waals surface area contributed by atoms with Crippen LogP contribution in [-0.2, 0) is 26.9 Å². The van der Waals surface area contributed by atoms with Crippen molar-refractivity contribution in [1.82, 2.24) is 14.8 Å². The molecule has 1 amide bonds. The van der Waals surface area contributed by atoms with Crippen LogP contribution in [0.3, 0.4) is 0 Å². The Morgan fingerprint density at radius 2 is 1.88 bits per heavy atom. The Morgan fingerprint density at radius 1 is 1.15 bits per heavy atom. The summed E-state index contributed by atoms with van der Waals surface area (Å²) >= 11 is 1.27. The molecule has 0 aliphatic rings. The molecule has 1 atom stereocenters. The SMILES string of the molecule is C=CCn1c(CS(=O)(=O)c2ccccc2)nnc1SC(CC)C(=O)Nc1cccc(C)c1C. The molecule has 0 aliphatic carbocycles. The second-order valence-corrected chi connectivity index (χ2v) is 10.8. The minimum Gasteiger partial charge on any atom is -0.325 e. The second-order valence-electron chi connectivity index (χ2n) is 7.62. The minimum absolute atomic E-state index is 0.136. The van der Waals surface area contributed by atoms with E-state index in [1.807, 2.05) is 39.0 Å². The molecule has 7 nitrogen and oxygen atoms in total. The monoisotopic (exact) mass is 484 g/mol. The molecule has 174 valence electrons. The van der Waals surface area contributed by atoms with E-state index in [-0.39, 0.29) is 16.6 Å². The van der Waals surface area contributed by atoms with Crippen LogP contribution in [0.1, 0.15) is 30.3 Å². The van der Waals surface area contributed by atoms with E-state index < -0.39 is 15.1 Å². The summed E-state index contributed by atoms with van der Waals surface area (Å²) in [5, 5.41) is 11.4. The molecule has 0 bridgehead atoms. The highest BCUT2D eigenvalue weighted by atomic mass is 32.2. The molecule has 0 aliphatic heterocycles. The zero-order valence-corrected chi connectivity index (χ0v) is 20.6. The lowest BCUT2D eigenvalue weighted by Crippen LogP contribution is -2.25. The van der Waals surface area contributed by atoms with E-state index in [2.05, 4.69) is 22.1 Å². The average molecular weight is 485 g/mol. The van der Waals surface area contributed by atoms with Gasteiger partial charge in [0.15, 0.2) is 15.0 Å². The van der Waals surface area contributed by atoms with Gasteiger partial charge in [-0.05, 0) is 49.6 Å². The Morgan fingerprint density at radius 3 is 2.55 bits per heavy atom. The normalized spacial score (nSPS) is 12.3. The topological polar surface area (TPSA) is 93.9 Å². The number of nitrogens with one attached hydrogen (secondary N) is 1. The van der Waals surface area contributed by atoms with Crippen molar-refractivity contribution in [1.29, 1.82) is 0 Å². The lowest BCUT2D eigenvalue weighted by Gasteiger charge is -2.17. The van der Waals surface area contributed by atoms with Crippen LogP contribution in [-0.4, -0.2) is 34.3 Å². The average Bonchev–Trinajstić information content (AvgIpc) is 3.16. The Hall–Kier alpha value is -2.91. The van der Waals surface area contributed by atoms with Crippen molar-refractivity contribution < 1.29 is 13.2 Å². The Kier molecular flexibility index (Phi) is 8.10. The molecular formula is C24H28N4O3S2. The number of hydrogen-bond donors (Lipinski definition) is 1. The van der Waals surface area contributed by atoms with Gasteiger partial charge in [-0.2, -0.15) is 0 Å². The van der Waals surface area contributed by atoms with Crippen LogP contribution in [0, 0.1) is 13.8 Å². The first kappa shape index (κ1) is 24.7. The quantitative estimate of drug-likeness (QED) is 0.335. The summed E-state index contributed by atoms with van der Waals surface area (Å²) in [6.07, 6.45) is 2.23. The van der Waals surface area contributed by atoms with Crippen LogP contribution in [0.4, 0.5) is 5.69 Å². The number of aryl methyl sites for hydroxylation is 1. The summed E-state index contributed by atoms with van der Waals surface area (Å²) in [5.41, 5.74) is 2.90. The summed E-state index contributed by atoms with van der Waals surface area (Å²) in [7, 11) is -3.59. The van der Waals surface area contributed by atoms with Gasteiger partial charge in [0.25, 0.3) is 0 Å². The van der Waals surface area contributed by atoms with Crippen molar-refractivity contribution in [2.45, 2.75) is 54.8 Å². The first-order chi connectivity index (χ1) is 15.8. The first-order valence-electron chi connectivity index (χ1n) is 10.6. The van der Waals surface area contributed by atoms with Gasteiger partial charge >= 0.3 is 0 Å². The number of benzene rings is 2. The number of sulfone groups is 1. The van der Waals surface area contributed by atoms with Crippen LogP contribution >= 0.6 is 11.8 Å². The number of amides is 1. The summed E-state index contributed by atoms with van der Waals surface area (Å²) in [6, 6.07) is 14.0. The highest BCUT2D eigenvalue weighted by Gasteiger charge is 2.25. The molecule has 0 fully saturated rings. The van der Waals surface area contributed by atoms with E-state index in [4.69, 9.17) is 0 Å². The molecule has 33 heavy (non-hydrogen) atoms. The fourth-order valence-corrected chi connectivity index (χ4v) is 5.53. The Balaban J connectivity index is 1.82. The molecule has 3 aromatic rings. The molecule has 1 unspecified atom stereocenters. The summed E-state index contributed by atoms with van der Waals surface area (Å²) in [5.74, 6) is -0.113. The molecular weight excluding hydrogens is 456 g/mol. The third-order valence-electron chi connectivity index (χ3n) is 5.30. The van der Waals surface area contributed by atoms with E-state index in [0.717, 1.165) is 16.8 Å². The van der Waals surface area contributed by atoms with Gasteiger partial charge in [0, 0.05) is 12.2 Å². The van der Waals surface area contributed by atoms with Crippen molar-refractivity contribution in [2.75, 3.05) is 5.32 Å². The van der Waals surface area contributed by atoms with Crippen molar-refractivity contribution in [3.05, 3.63) is 78.1 Å². The third kappa shape index (κ3) is 5.91. The summed E-state index contributed by atoms with van der Waals surface area (Å²) in [6.45, 7) is 10.0. The number of hydrogen-bond acceptors (Lipinski definition) is 6. The fourth-order valence-electron chi connectivity index (χ4n) is 3.26. The van der Waals surface area contributed by atoms with Crippen molar-refractivity contribution in [2.24, 2.45) is 0 Å². The number of carbonyl (C=O) groups is 1. The molecule has 1 heterocycles. The third-order valence-corrected chi connectivity index (χ3v) is 8.27. The summed E-state index contributed by atoms with van der Waals surface area (Å²) in [4.78, 5) is 13.2. The predicted octanol–water partition coefficient (Wildman–Crippen LogP) is 4.56. The highest BCUT2D eigenvalue weighted by Crippen LogP contribution is 2.28. The van der Waals surface area contributed by atoms with E-state index in [9.17, 15) is 13.2 Å². The Bertz CT molecular complexity index is 1240. The van der Waals surface area contributed by atoms with Crippen LogP contribution in [0.15, 0.2) is 71.2 Å². The van der Waals surface area contributed by atoms with Crippen molar-refractivity contribution in [3.63, 3.8) is 0 Å². The van der Waals surface area contributed by atoms with Gasteiger partial charge in [0.2, 0.25) is 5.91 Å². The van der Waals surface area contributed by atoms with Gasteiger partial charge in [0.1, 0.15) is 11.6 Å². The van der Waals surface area contributed by atoms with Crippen LogP contribution in [0.5, 0.6) is 0 Å². The van der Waals surface area contributed by atoms with E-state index in [1.54, 1.807) is 41.0 Å². The zero-order valence-electron chi connectivity index (χ0n) is 19.0. The number of anilines is 1. The predicted molar refractivity (Wildman–Crippen MR) is 132 cm³/mol. The van der Waals surface area contributed by atoms with E-state index in [0.29, 0.717) is 23.9 Å². The smallest absolute Gasteiger partial charge is 0.237 e. The molecule has 9 heteroatoms. The van der Waals surface area contributed by atoms with Gasteiger partial charge in [-0.15, -0.1) is 16.8 Å². The molecule has 3 rings (SSSR count). The molecule has 0 saturated carbocycles. The van der Waals surface area contributed by atoms with E-state index in [1.165, 1.54) is 11.8 Å². The molecule has 1 N–H and O–H groups in total. The molecule has 1 aromatic heterocycles. The molecule has 0 spiro atoms. The number of nitrogens with zero attached hydrogens (tertiary/aromatic N) is 3. The molecule has 0 radical (unpaired) electrons. The van der Waals surface area contributed by atoms with Crippen molar-refractivity contribution in [3.8, 4) is 0 Å². The number of allylic oxidation sites excluding steroid dienone is 1. The highest BCUT2D eigenvalue weighted by molar-refractivity contribution is 8.00. The second kappa shape index (κ2) is 10.8. The lowest BCUT2D eigenvalue weighted by atomic mass is 10.1. The van der Waals surface area contributed by atoms with Crippen LogP contribution < -0.4 is 5.32 Å². The van der Waals surface area contributed by atoms with Gasteiger partial charge in [-0.3, -0.25) is 4.79 Å².